The normalized spacial score (nSPS) is 20.7. The molecule has 0 saturated carbocycles. The van der Waals surface area contributed by atoms with Crippen LogP contribution in [0.2, 0.25) is 0 Å². The summed E-state index contributed by atoms with van der Waals surface area (Å²) in [5, 5.41) is 0. The molecule has 0 spiro atoms. The Kier molecular flexibility index (Phi) is 4.04. The van der Waals surface area contributed by atoms with E-state index in [1.807, 2.05) is 0 Å². The van der Waals surface area contributed by atoms with Crippen molar-refractivity contribution < 1.29 is 4.74 Å². The van der Waals surface area contributed by atoms with Gasteiger partial charge in [0.2, 0.25) is 0 Å². The predicted octanol–water partition coefficient (Wildman–Crippen LogP) is 3.71. The first-order chi connectivity index (χ1) is 7.42. The number of halogens is 1. The van der Waals surface area contributed by atoms with Gasteiger partial charge in [0.05, 0.1) is 12.7 Å². The summed E-state index contributed by atoms with van der Waals surface area (Å²) in [4.78, 5) is 0. The number of alkyl halides is 1. The minimum atomic E-state index is 0.266. The van der Waals surface area contributed by atoms with Gasteiger partial charge in [-0.05, 0) is 30.4 Å². The highest BCUT2D eigenvalue weighted by atomic mass is 35.5. The fourth-order valence-electron chi connectivity index (χ4n) is 2.24. The molecule has 1 aromatic rings. The first-order valence-corrected chi connectivity index (χ1v) is 6.20. The van der Waals surface area contributed by atoms with E-state index in [0.717, 1.165) is 6.42 Å². The average Bonchev–Trinajstić information content (AvgIpc) is 2.49. The standard InChI is InChI=1S/C13H17ClO/c14-9-10-15-13-8-4-2-6-11-5-1-3-7-12(11)13/h1,3,5,7,13H,2,4,6,8-10H2. The molecule has 0 saturated heterocycles. The van der Waals surface area contributed by atoms with Crippen LogP contribution < -0.4 is 0 Å². The second-order valence-electron chi connectivity index (χ2n) is 3.99. The number of hydrogen-bond acceptors (Lipinski definition) is 1. The van der Waals surface area contributed by atoms with Gasteiger partial charge in [-0.3, -0.25) is 0 Å². The van der Waals surface area contributed by atoms with Crippen LogP contribution in [0, 0.1) is 0 Å². The van der Waals surface area contributed by atoms with E-state index in [2.05, 4.69) is 24.3 Å². The second-order valence-corrected chi connectivity index (χ2v) is 4.37. The fourth-order valence-corrected chi connectivity index (χ4v) is 2.33. The Morgan fingerprint density at radius 3 is 3.00 bits per heavy atom. The number of aryl methyl sites for hydroxylation is 1. The van der Waals surface area contributed by atoms with E-state index in [9.17, 15) is 0 Å². The Morgan fingerprint density at radius 2 is 2.13 bits per heavy atom. The lowest BCUT2D eigenvalue weighted by Gasteiger charge is -2.17. The summed E-state index contributed by atoms with van der Waals surface area (Å²) in [5.41, 5.74) is 2.83. The molecule has 1 unspecified atom stereocenters. The van der Waals surface area contributed by atoms with Crippen molar-refractivity contribution in [3.05, 3.63) is 35.4 Å². The molecular formula is C13H17ClO. The smallest absolute Gasteiger partial charge is 0.0828 e. The molecule has 0 amide bonds. The van der Waals surface area contributed by atoms with Gasteiger partial charge in [0.15, 0.2) is 0 Å². The Balaban J connectivity index is 2.17. The van der Waals surface area contributed by atoms with Crippen LogP contribution in [-0.4, -0.2) is 12.5 Å². The van der Waals surface area contributed by atoms with Crippen molar-refractivity contribution in [2.24, 2.45) is 0 Å². The molecule has 1 aliphatic carbocycles. The fraction of sp³-hybridized carbons (Fsp3) is 0.538. The average molecular weight is 225 g/mol. The topological polar surface area (TPSA) is 9.23 Å². The van der Waals surface area contributed by atoms with Crippen LogP contribution in [0.4, 0.5) is 0 Å². The lowest BCUT2D eigenvalue weighted by Crippen LogP contribution is -2.07. The molecule has 0 N–H and O–H groups in total. The Hall–Kier alpha value is -0.530. The number of benzene rings is 1. The minimum absolute atomic E-state index is 0.266. The highest BCUT2D eigenvalue weighted by molar-refractivity contribution is 6.17. The van der Waals surface area contributed by atoms with Crippen molar-refractivity contribution in [1.82, 2.24) is 0 Å². The van der Waals surface area contributed by atoms with Gasteiger partial charge in [-0.25, -0.2) is 0 Å². The quantitative estimate of drug-likeness (QED) is 0.562. The maximum absolute atomic E-state index is 5.81. The van der Waals surface area contributed by atoms with E-state index in [1.165, 1.54) is 30.4 Å². The number of rotatable bonds is 3. The molecule has 15 heavy (non-hydrogen) atoms. The van der Waals surface area contributed by atoms with E-state index in [1.54, 1.807) is 0 Å². The molecule has 1 atom stereocenters. The van der Waals surface area contributed by atoms with E-state index in [-0.39, 0.29) is 6.10 Å². The summed E-state index contributed by atoms with van der Waals surface area (Å²) >= 11 is 5.66. The van der Waals surface area contributed by atoms with Crippen molar-refractivity contribution in [3.63, 3.8) is 0 Å². The third kappa shape index (κ3) is 2.73. The molecule has 2 rings (SSSR count). The van der Waals surface area contributed by atoms with Gasteiger partial charge in [0.1, 0.15) is 0 Å². The third-order valence-corrected chi connectivity index (χ3v) is 3.11. The summed E-state index contributed by atoms with van der Waals surface area (Å²) < 4.78 is 5.81. The summed E-state index contributed by atoms with van der Waals surface area (Å²) in [6, 6.07) is 8.63. The van der Waals surface area contributed by atoms with Gasteiger partial charge in [-0.2, -0.15) is 0 Å². The molecule has 0 bridgehead atoms. The third-order valence-electron chi connectivity index (χ3n) is 2.96. The summed E-state index contributed by atoms with van der Waals surface area (Å²) in [7, 11) is 0. The summed E-state index contributed by atoms with van der Waals surface area (Å²) in [6.45, 7) is 0.653. The monoisotopic (exact) mass is 224 g/mol. The van der Waals surface area contributed by atoms with E-state index < -0.39 is 0 Å². The second kappa shape index (κ2) is 5.53. The minimum Gasteiger partial charge on any atom is -0.372 e. The molecular weight excluding hydrogens is 208 g/mol. The first-order valence-electron chi connectivity index (χ1n) is 5.67. The zero-order chi connectivity index (χ0) is 10.5. The summed E-state index contributed by atoms with van der Waals surface area (Å²) in [6.07, 6.45) is 5.12. The largest absolute Gasteiger partial charge is 0.372 e. The molecule has 0 heterocycles. The molecule has 0 radical (unpaired) electrons. The van der Waals surface area contributed by atoms with Crippen LogP contribution in [0.3, 0.4) is 0 Å². The van der Waals surface area contributed by atoms with Crippen LogP contribution in [-0.2, 0) is 11.2 Å². The summed E-state index contributed by atoms with van der Waals surface area (Å²) in [5.74, 6) is 0.582. The predicted molar refractivity (Wildman–Crippen MR) is 63.4 cm³/mol. The van der Waals surface area contributed by atoms with Gasteiger partial charge in [-0.15, -0.1) is 11.6 Å². The van der Waals surface area contributed by atoms with E-state index in [0.29, 0.717) is 12.5 Å². The molecule has 1 nitrogen and oxygen atoms in total. The van der Waals surface area contributed by atoms with Crippen molar-refractivity contribution in [2.45, 2.75) is 31.8 Å². The molecule has 0 aliphatic heterocycles. The van der Waals surface area contributed by atoms with Crippen molar-refractivity contribution in [1.29, 1.82) is 0 Å². The maximum atomic E-state index is 5.81. The van der Waals surface area contributed by atoms with Crippen molar-refractivity contribution >= 4 is 11.6 Å². The van der Waals surface area contributed by atoms with Crippen LogP contribution in [0.1, 0.15) is 36.5 Å². The first kappa shape index (κ1) is 11.0. The maximum Gasteiger partial charge on any atom is 0.0828 e. The zero-order valence-corrected chi connectivity index (χ0v) is 9.67. The number of fused-ring (bicyclic) bond motifs is 1. The van der Waals surface area contributed by atoms with Gasteiger partial charge in [0, 0.05) is 5.88 Å². The van der Waals surface area contributed by atoms with Crippen molar-refractivity contribution in [3.8, 4) is 0 Å². The molecule has 2 heteroatoms. The molecule has 82 valence electrons. The molecule has 1 aromatic carbocycles. The van der Waals surface area contributed by atoms with Crippen LogP contribution in [0.25, 0.3) is 0 Å². The van der Waals surface area contributed by atoms with Gasteiger partial charge in [0.25, 0.3) is 0 Å². The number of hydrogen-bond donors (Lipinski definition) is 0. The van der Waals surface area contributed by atoms with Gasteiger partial charge < -0.3 is 4.74 Å². The van der Waals surface area contributed by atoms with Crippen LogP contribution >= 0.6 is 11.6 Å². The van der Waals surface area contributed by atoms with Gasteiger partial charge in [-0.1, -0.05) is 30.7 Å². The zero-order valence-electron chi connectivity index (χ0n) is 8.92. The molecule has 0 fully saturated rings. The van der Waals surface area contributed by atoms with E-state index >= 15 is 0 Å². The van der Waals surface area contributed by atoms with Crippen LogP contribution in [0.5, 0.6) is 0 Å². The lowest BCUT2D eigenvalue weighted by molar-refractivity contribution is 0.0572. The Morgan fingerprint density at radius 1 is 1.27 bits per heavy atom. The highest BCUT2D eigenvalue weighted by Crippen LogP contribution is 2.31. The molecule has 0 aromatic heterocycles. The van der Waals surface area contributed by atoms with Crippen LogP contribution in [0.15, 0.2) is 24.3 Å². The Bertz CT molecular complexity index is 311. The highest BCUT2D eigenvalue weighted by Gasteiger charge is 2.18. The molecule has 1 aliphatic rings. The lowest BCUT2D eigenvalue weighted by atomic mass is 10.0. The number of ether oxygens (including phenoxy) is 1. The SMILES string of the molecule is ClCCOC1CCCCc2ccccc21. The Labute approximate surface area is 96.4 Å². The van der Waals surface area contributed by atoms with Gasteiger partial charge >= 0.3 is 0 Å². The van der Waals surface area contributed by atoms with Crippen molar-refractivity contribution in [2.75, 3.05) is 12.5 Å². The van der Waals surface area contributed by atoms with E-state index in [4.69, 9.17) is 16.3 Å².